The summed E-state index contributed by atoms with van der Waals surface area (Å²) in [6.45, 7) is 7.16. The number of hydrogen-bond acceptors (Lipinski definition) is 2. The predicted octanol–water partition coefficient (Wildman–Crippen LogP) is 2.21. The number of aryl methyl sites for hydroxylation is 1. The standard InChI is InChI=1S/C15H22N2O/c1-3-17-10-6-8-13(17)11-16-15(18)14-9-5-4-7-12(14)2/h4-5,7,9,13H,3,6,8,10-11H2,1-2H3,(H,16,18)/t13-/m0/s1. The van der Waals surface area contributed by atoms with E-state index in [1.807, 2.05) is 31.2 Å². The zero-order chi connectivity index (χ0) is 13.0. The van der Waals surface area contributed by atoms with Crippen molar-refractivity contribution in [1.82, 2.24) is 10.2 Å². The van der Waals surface area contributed by atoms with Gasteiger partial charge in [0.25, 0.3) is 5.91 Å². The van der Waals surface area contributed by atoms with Crippen LogP contribution in [0.3, 0.4) is 0 Å². The minimum atomic E-state index is 0.0519. The molecule has 0 saturated carbocycles. The molecular formula is C15H22N2O. The van der Waals surface area contributed by atoms with Gasteiger partial charge in [-0.05, 0) is 44.5 Å². The van der Waals surface area contributed by atoms with Crippen molar-refractivity contribution >= 4 is 5.91 Å². The van der Waals surface area contributed by atoms with Crippen LogP contribution >= 0.6 is 0 Å². The molecule has 3 heteroatoms. The summed E-state index contributed by atoms with van der Waals surface area (Å²) in [4.78, 5) is 14.5. The molecule has 18 heavy (non-hydrogen) atoms. The number of hydrogen-bond donors (Lipinski definition) is 1. The van der Waals surface area contributed by atoms with Gasteiger partial charge in [-0.2, -0.15) is 0 Å². The lowest BCUT2D eigenvalue weighted by Crippen LogP contribution is -2.40. The van der Waals surface area contributed by atoms with Crippen molar-refractivity contribution < 1.29 is 4.79 Å². The summed E-state index contributed by atoms with van der Waals surface area (Å²) >= 11 is 0. The topological polar surface area (TPSA) is 32.3 Å². The molecule has 1 aromatic rings. The highest BCUT2D eigenvalue weighted by Gasteiger charge is 2.23. The summed E-state index contributed by atoms with van der Waals surface area (Å²) in [6.07, 6.45) is 2.45. The molecule has 0 unspecified atom stereocenters. The first-order valence-electron chi connectivity index (χ1n) is 6.80. The minimum absolute atomic E-state index is 0.0519. The molecule has 1 aliphatic rings. The van der Waals surface area contributed by atoms with Crippen molar-refractivity contribution in [2.24, 2.45) is 0 Å². The monoisotopic (exact) mass is 246 g/mol. The number of nitrogens with one attached hydrogen (secondary N) is 1. The first-order valence-corrected chi connectivity index (χ1v) is 6.80. The van der Waals surface area contributed by atoms with E-state index in [9.17, 15) is 4.79 Å². The van der Waals surface area contributed by atoms with Gasteiger partial charge in [0.15, 0.2) is 0 Å². The van der Waals surface area contributed by atoms with E-state index in [1.54, 1.807) is 0 Å². The second-order valence-corrected chi connectivity index (χ2v) is 4.95. The van der Waals surface area contributed by atoms with Crippen LogP contribution in [-0.4, -0.2) is 36.5 Å². The molecule has 0 radical (unpaired) electrons. The molecule has 0 aliphatic carbocycles. The molecule has 0 spiro atoms. The fraction of sp³-hybridized carbons (Fsp3) is 0.533. The van der Waals surface area contributed by atoms with Gasteiger partial charge in [-0.3, -0.25) is 9.69 Å². The smallest absolute Gasteiger partial charge is 0.251 e. The van der Waals surface area contributed by atoms with Crippen LogP contribution in [0.4, 0.5) is 0 Å². The highest BCUT2D eigenvalue weighted by molar-refractivity contribution is 5.95. The zero-order valence-electron chi connectivity index (χ0n) is 11.3. The van der Waals surface area contributed by atoms with Crippen molar-refractivity contribution in [1.29, 1.82) is 0 Å². The number of rotatable bonds is 4. The average molecular weight is 246 g/mol. The number of likely N-dealkylation sites (tertiary alicyclic amines) is 1. The summed E-state index contributed by atoms with van der Waals surface area (Å²) in [7, 11) is 0. The van der Waals surface area contributed by atoms with Gasteiger partial charge in [-0.25, -0.2) is 0 Å². The van der Waals surface area contributed by atoms with Crippen LogP contribution in [0, 0.1) is 6.92 Å². The van der Waals surface area contributed by atoms with E-state index in [0.29, 0.717) is 6.04 Å². The van der Waals surface area contributed by atoms with E-state index in [4.69, 9.17) is 0 Å². The summed E-state index contributed by atoms with van der Waals surface area (Å²) in [5.74, 6) is 0.0519. The van der Waals surface area contributed by atoms with E-state index in [-0.39, 0.29) is 5.91 Å². The number of likely N-dealkylation sites (N-methyl/N-ethyl adjacent to an activating group) is 1. The summed E-state index contributed by atoms with van der Waals surface area (Å²) in [6, 6.07) is 8.25. The summed E-state index contributed by atoms with van der Waals surface area (Å²) in [5.41, 5.74) is 1.83. The number of benzene rings is 1. The van der Waals surface area contributed by atoms with Gasteiger partial charge < -0.3 is 5.32 Å². The van der Waals surface area contributed by atoms with Crippen LogP contribution in [0.25, 0.3) is 0 Å². The Bertz CT molecular complexity index is 417. The molecule has 1 fully saturated rings. The molecule has 1 aliphatic heterocycles. The Morgan fingerprint density at radius 1 is 1.44 bits per heavy atom. The number of amides is 1. The maximum absolute atomic E-state index is 12.1. The Hall–Kier alpha value is -1.35. The Morgan fingerprint density at radius 2 is 2.22 bits per heavy atom. The van der Waals surface area contributed by atoms with Crippen molar-refractivity contribution in [2.75, 3.05) is 19.6 Å². The van der Waals surface area contributed by atoms with Crippen molar-refractivity contribution in [3.8, 4) is 0 Å². The fourth-order valence-electron chi connectivity index (χ4n) is 2.68. The third-order valence-corrected chi connectivity index (χ3v) is 3.79. The van der Waals surface area contributed by atoms with Crippen molar-refractivity contribution in [3.05, 3.63) is 35.4 Å². The lowest BCUT2D eigenvalue weighted by atomic mass is 10.1. The Labute approximate surface area is 109 Å². The van der Waals surface area contributed by atoms with E-state index in [2.05, 4.69) is 17.1 Å². The molecule has 1 N–H and O–H groups in total. The molecule has 1 heterocycles. The number of nitrogens with zero attached hydrogens (tertiary/aromatic N) is 1. The first-order chi connectivity index (χ1) is 8.72. The molecule has 1 amide bonds. The molecule has 2 rings (SSSR count). The van der Waals surface area contributed by atoms with Crippen molar-refractivity contribution in [3.63, 3.8) is 0 Å². The van der Waals surface area contributed by atoms with Gasteiger partial charge in [0, 0.05) is 18.2 Å². The van der Waals surface area contributed by atoms with Gasteiger partial charge in [0.05, 0.1) is 0 Å². The van der Waals surface area contributed by atoms with Gasteiger partial charge >= 0.3 is 0 Å². The lowest BCUT2D eigenvalue weighted by Gasteiger charge is -2.23. The van der Waals surface area contributed by atoms with Crippen molar-refractivity contribution in [2.45, 2.75) is 32.7 Å². The summed E-state index contributed by atoms with van der Waals surface area (Å²) in [5, 5.41) is 3.07. The van der Waals surface area contributed by atoms with Crippen LogP contribution in [0.5, 0.6) is 0 Å². The van der Waals surface area contributed by atoms with E-state index in [1.165, 1.54) is 19.4 Å². The van der Waals surface area contributed by atoms with E-state index in [0.717, 1.165) is 24.2 Å². The van der Waals surface area contributed by atoms with Crippen LogP contribution in [0.1, 0.15) is 35.7 Å². The average Bonchev–Trinajstić information content (AvgIpc) is 2.84. The SMILES string of the molecule is CCN1CCC[C@H]1CNC(=O)c1ccccc1C. The lowest BCUT2D eigenvalue weighted by molar-refractivity contribution is 0.0941. The number of carbonyl (C=O) groups is 1. The molecule has 1 atom stereocenters. The fourth-order valence-corrected chi connectivity index (χ4v) is 2.68. The van der Waals surface area contributed by atoms with Crippen LogP contribution in [-0.2, 0) is 0 Å². The minimum Gasteiger partial charge on any atom is -0.350 e. The van der Waals surface area contributed by atoms with Gasteiger partial charge in [-0.15, -0.1) is 0 Å². The Morgan fingerprint density at radius 3 is 2.94 bits per heavy atom. The highest BCUT2D eigenvalue weighted by atomic mass is 16.1. The summed E-state index contributed by atoms with van der Waals surface area (Å²) < 4.78 is 0. The zero-order valence-corrected chi connectivity index (χ0v) is 11.3. The van der Waals surface area contributed by atoms with E-state index >= 15 is 0 Å². The third kappa shape index (κ3) is 2.91. The highest BCUT2D eigenvalue weighted by Crippen LogP contribution is 2.16. The largest absolute Gasteiger partial charge is 0.350 e. The third-order valence-electron chi connectivity index (χ3n) is 3.79. The second kappa shape index (κ2) is 6.01. The van der Waals surface area contributed by atoms with Crippen LogP contribution in [0.15, 0.2) is 24.3 Å². The van der Waals surface area contributed by atoms with Gasteiger partial charge in [-0.1, -0.05) is 25.1 Å². The predicted molar refractivity (Wildman–Crippen MR) is 73.8 cm³/mol. The normalized spacial score (nSPS) is 20.0. The molecule has 1 aromatic carbocycles. The molecule has 98 valence electrons. The van der Waals surface area contributed by atoms with Gasteiger partial charge in [0.2, 0.25) is 0 Å². The maximum atomic E-state index is 12.1. The van der Waals surface area contributed by atoms with Gasteiger partial charge in [0.1, 0.15) is 0 Å². The molecule has 1 saturated heterocycles. The molecule has 3 nitrogen and oxygen atoms in total. The quantitative estimate of drug-likeness (QED) is 0.883. The molecule has 0 bridgehead atoms. The van der Waals surface area contributed by atoms with Crippen LogP contribution < -0.4 is 5.32 Å². The Balaban J connectivity index is 1.91. The maximum Gasteiger partial charge on any atom is 0.251 e. The molecule has 0 aromatic heterocycles. The Kier molecular flexibility index (Phi) is 4.37. The first kappa shape index (κ1) is 13.1. The van der Waals surface area contributed by atoms with E-state index < -0.39 is 0 Å². The van der Waals surface area contributed by atoms with Crippen LogP contribution in [0.2, 0.25) is 0 Å². The second-order valence-electron chi connectivity index (χ2n) is 4.95. The number of carbonyl (C=O) groups excluding carboxylic acids is 1. The molecular weight excluding hydrogens is 224 g/mol.